The third kappa shape index (κ3) is 10.4. The summed E-state index contributed by atoms with van der Waals surface area (Å²) in [6, 6.07) is 6.28. The summed E-state index contributed by atoms with van der Waals surface area (Å²) in [6.07, 6.45) is 18.2. The first-order chi connectivity index (χ1) is 19.4. The Balaban J connectivity index is 0.00000103. The molecule has 0 fully saturated rings. The van der Waals surface area contributed by atoms with Gasteiger partial charge in [0.2, 0.25) is 0 Å². The number of nitrogens with zero attached hydrogens (tertiary/aromatic N) is 2. The number of hydrogen-bond acceptors (Lipinski definition) is 3. The van der Waals surface area contributed by atoms with Crippen molar-refractivity contribution in [2.24, 2.45) is 5.92 Å². The van der Waals surface area contributed by atoms with Gasteiger partial charge < -0.3 is 15.0 Å². The summed E-state index contributed by atoms with van der Waals surface area (Å²) in [6.45, 7) is 15.2. The van der Waals surface area contributed by atoms with Gasteiger partial charge in [-0.1, -0.05) is 91.2 Å². The molecule has 40 heavy (non-hydrogen) atoms. The molecule has 0 spiro atoms. The zero-order valence-corrected chi connectivity index (χ0v) is 26.0. The molecule has 0 bridgehead atoms. The molecule has 6 nitrogen and oxygen atoms in total. The van der Waals surface area contributed by atoms with Gasteiger partial charge >= 0.3 is 5.97 Å². The lowest BCUT2D eigenvalue weighted by molar-refractivity contribution is -0.142. The maximum Gasteiger partial charge on any atom is 0.307 e. The van der Waals surface area contributed by atoms with E-state index in [1.165, 1.54) is 5.56 Å². The molecule has 1 aromatic carbocycles. The highest BCUT2D eigenvalue weighted by Gasteiger charge is 2.34. The molecule has 1 aliphatic carbocycles. The molecule has 3 rings (SSSR count). The Hall–Kier alpha value is -3.15. The minimum Gasteiger partial charge on any atom is -0.481 e. The predicted octanol–water partition coefficient (Wildman–Crippen LogP) is 8.92. The molecule has 1 aromatic heterocycles. The molecule has 1 aliphatic rings. The molecule has 1 amide bonds. The SMILES string of the molecule is C/C=C\CC.CC.CC/C=C/NC(=O)c1cn(CCCCC)c(-c2ccc3c(c2)CCC3C(CCC)C(=O)O)n1. The third-order valence-electron chi connectivity index (χ3n) is 6.98. The van der Waals surface area contributed by atoms with Gasteiger partial charge in [-0.2, -0.15) is 0 Å². The zero-order chi connectivity index (χ0) is 29.9. The van der Waals surface area contributed by atoms with Crippen LogP contribution in [0.15, 0.2) is 48.8 Å². The van der Waals surface area contributed by atoms with E-state index < -0.39 is 5.97 Å². The fraction of sp³-hybridized carbons (Fsp3) is 0.559. The van der Waals surface area contributed by atoms with Crippen LogP contribution in [0.1, 0.15) is 127 Å². The number of imidazole rings is 1. The monoisotopic (exact) mass is 551 g/mol. The second-order valence-electron chi connectivity index (χ2n) is 9.90. The van der Waals surface area contributed by atoms with Gasteiger partial charge in [0.1, 0.15) is 11.5 Å². The van der Waals surface area contributed by atoms with Crippen molar-refractivity contribution in [3.63, 3.8) is 0 Å². The minimum atomic E-state index is -0.696. The number of aromatic nitrogens is 2. The number of carbonyl (C=O) groups is 2. The minimum absolute atomic E-state index is 0.0718. The number of carboxylic acid groups (broad SMARTS) is 1. The molecule has 0 saturated heterocycles. The number of hydrogen-bond donors (Lipinski definition) is 2. The van der Waals surface area contributed by atoms with Crippen LogP contribution in [0.5, 0.6) is 0 Å². The van der Waals surface area contributed by atoms with Crippen molar-refractivity contribution in [2.45, 2.75) is 119 Å². The largest absolute Gasteiger partial charge is 0.481 e. The van der Waals surface area contributed by atoms with Crippen LogP contribution in [0.4, 0.5) is 0 Å². The predicted molar refractivity (Wildman–Crippen MR) is 168 cm³/mol. The molecule has 2 unspecified atom stereocenters. The van der Waals surface area contributed by atoms with Crippen LogP contribution in [-0.2, 0) is 17.8 Å². The van der Waals surface area contributed by atoms with Gasteiger partial charge in [0.15, 0.2) is 0 Å². The van der Waals surface area contributed by atoms with E-state index in [9.17, 15) is 14.7 Å². The van der Waals surface area contributed by atoms with Crippen LogP contribution in [0.25, 0.3) is 11.4 Å². The quantitative estimate of drug-likeness (QED) is 0.192. The van der Waals surface area contributed by atoms with E-state index in [0.717, 1.165) is 74.9 Å². The number of allylic oxidation sites excluding steroid dienone is 3. The van der Waals surface area contributed by atoms with E-state index in [-0.39, 0.29) is 17.7 Å². The van der Waals surface area contributed by atoms with Crippen molar-refractivity contribution >= 4 is 11.9 Å². The third-order valence-corrected chi connectivity index (χ3v) is 6.98. The van der Waals surface area contributed by atoms with Gasteiger partial charge in [-0.05, 0) is 68.6 Å². The van der Waals surface area contributed by atoms with Crippen LogP contribution in [-0.4, -0.2) is 26.5 Å². The van der Waals surface area contributed by atoms with Crippen LogP contribution in [0.3, 0.4) is 0 Å². The van der Waals surface area contributed by atoms with Crippen molar-refractivity contribution in [1.29, 1.82) is 0 Å². The number of aliphatic carboxylic acids is 1. The first-order valence-corrected chi connectivity index (χ1v) is 15.4. The molecule has 6 heteroatoms. The van der Waals surface area contributed by atoms with Gasteiger partial charge in [-0.3, -0.25) is 9.59 Å². The summed E-state index contributed by atoms with van der Waals surface area (Å²) < 4.78 is 2.08. The van der Waals surface area contributed by atoms with E-state index >= 15 is 0 Å². The summed E-state index contributed by atoms with van der Waals surface area (Å²) in [5.74, 6) is -0.365. The Morgan fingerprint density at radius 3 is 2.40 bits per heavy atom. The maximum absolute atomic E-state index is 12.6. The normalized spacial score (nSPS) is 14.7. The molecule has 1 heterocycles. The van der Waals surface area contributed by atoms with E-state index in [0.29, 0.717) is 12.1 Å². The van der Waals surface area contributed by atoms with Crippen molar-refractivity contribution in [3.8, 4) is 11.4 Å². The number of nitrogens with one attached hydrogen (secondary N) is 1. The average Bonchev–Trinajstić information content (AvgIpc) is 3.58. The van der Waals surface area contributed by atoms with E-state index in [2.05, 4.69) is 48.0 Å². The van der Waals surface area contributed by atoms with Gasteiger partial charge in [0.05, 0.1) is 5.92 Å². The lowest BCUT2D eigenvalue weighted by atomic mass is 9.84. The smallest absolute Gasteiger partial charge is 0.307 e. The maximum atomic E-state index is 12.6. The van der Waals surface area contributed by atoms with E-state index in [4.69, 9.17) is 4.98 Å². The Kier molecular flexibility index (Phi) is 17.3. The number of carbonyl (C=O) groups excluding carboxylic acids is 1. The number of aryl methyl sites for hydroxylation is 2. The zero-order valence-electron chi connectivity index (χ0n) is 26.0. The number of fused-ring (bicyclic) bond motifs is 1. The van der Waals surface area contributed by atoms with Gasteiger partial charge in [-0.15, -0.1) is 0 Å². The van der Waals surface area contributed by atoms with Crippen LogP contribution >= 0.6 is 0 Å². The van der Waals surface area contributed by atoms with Gasteiger partial charge in [0.25, 0.3) is 5.91 Å². The number of amides is 1. The molecular formula is C34H53N3O3. The number of carboxylic acids is 1. The Morgan fingerprint density at radius 2 is 1.82 bits per heavy atom. The topological polar surface area (TPSA) is 84.2 Å². The summed E-state index contributed by atoms with van der Waals surface area (Å²) in [4.78, 5) is 29.1. The summed E-state index contributed by atoms with van der Waals surface area (Å²) >= 11 is 0. The Labute approximate surface area is 243 Å². The highest BCUT2D eigenvalue weighted by molar-refractivity contribution is 5.93. The molecule has 2 aromatic rings. The molecule has 0 saturated carbocycles. The number of unbranched alkanes of at least 4 members (excludes halogenated alkanes) is 2. The fourth-order valence-corrected chi connectivity index (χ4v) is 5.04. The van der Waals surface area contributed by atoms with E-state index in [1.807, 2.05) is 53.0 Å². The van der Waals surface area contributed by atoms with E-state index in [1.54, 1.807) is 6.20 Å². The van der Waals surface area contributed by atoms with Crippen molar-refractivity contribution in [1.82, 2.24) is 14.9 Å². The molecule has 222 valence electrons. The highest BCUT2D eigenvalue weighted by Crippen LogP contribution is 2.41. The Bertz CT molecular complexity index is 1080. The second kappa shape index (κ2) is 19.8. The van der Waals surface area contributed by atoms with Crippen LogP contribution in [0.2, 0.25) is 0 Å². The van der Waals surface area contributed by atoms with Gasteiger partial charge in [0, 0.05) is 24.5 Å². The standard InChI is InChI=1S/C27H37N3O3.C5H10.C2H6/c1-4-7-9-16-30-18-24(26(31)28-15-8-5-2)29-25(30)20-12-13-21-19(17-20)11-14-22(21)23(10-6-3)27(32)33;1-3-5-4-2;1-2/h8,12-13,15,17-18,22-23H,4-7,9-11,14,16H2,1-3H3,(H,28,31)(H,32,33);3,5H,4H2,1-2H3;1-2H3/b15-8+;5-3-;. The second-order valence-corrected chi connectivity index (χ2v) is 9.90. The Morgan fingerprint density at radius 1 is 1.10 bits per heavy atom. The highest BCUT2D eigenvalue weighted by atomic mass is 16.4. The summed E-state index contributed by atoms with van der Waals surface area (Å²) in [7, 11) is 0. The van der Waals surface area contributed by atoms with Gasteiger partial charge in [-0.25, -0.2) is 4.98 Å². The lowest BCUT2D eigenvalue weighted by Gasteiger charge is -2.20. The van der Waals surface area contributed by atoms with Crippen molar-refractivity contribution in [3.05, 3.63) is 65.6 Å². The lowest BCUT2D eigenvalue weighted by Crippen LogP contribution is -2.20. The molecule has 2 N–H and O–H groups in total. The molecular weight excluding hydrogens is 498 g/mol. The average molecular weight is 552 g/mol. The first kappa shape index (κ1) is 34.9. The van der Waals surface area contributed by atoms with Crippen molar-refractivity contribution < 1.29 is 14.7 Å². The fourth-order valence-electron chi connectivity index (χ4n) is 5.04. The number of benzene rings is 1. The molecule has 0 aliphatic heterocycles. The summed E-state index contributed by atoms with van der Waals surface area (Å²) in [5.41, 5.74) is 3.76. The summed E-state index contributed by atoms with van der Waals surface area (Å²) in [5, 5.41) is 12.5. The molecule has 0 radical (unpaired) electrons. The van der Waals surface area contributed by atoms with Crippen LogP contribution < -0.4 is 5.32 Å². The van der Waals surface area contributed by atoms with Crippen LogP contribution in [0, 0.1) is 5.92 Å². The molecule has 2 atom stereocenters. The number of rotatable bonds is 13. The first-order valence-electron chi connectivity index (χ1n) is 15.4. The van der Waals surface area contributed by atoms with Crippen molar-refractivity contribution in [2.75, 3.05) is 0 Å².